The van der Waals surface area contributed by atoms with E-state index in [0.29, 0.717) is 18.8 Å². The second-order valence-electron chi connectivity index (χ2n) is 3.81. The molecular formula is C12H13BrO3. The Morgan fingerprint density at radius 1 is 1.44 bits per heavy atom. The van der Waals surface area contributed by atoms with Crippen LogP contribution >= 0.6 is 15.9 Å². The summed E-state index contributed by atoms with van der Waals surface area (Å²) in [5.41, 5.74) is 0.677. The van der Waals surface area contributed by atoms with Gasteiger partial charge in [0.15, 0.2) is 5.78 Å². The molecule has 4 heteroatoms. The third-order valence-corrected chi connectivity index (χ3v) is 3.03. The van der Waals surface area contributed by atoms with Crippen LogP contribution in [0.5, 0.6) is 0 Å². The molecule has 1 heterocycles. The highest BCUT2D eigenvalue weighted by molar-refractivity contribution is 9.10. The van der Waals surface area contributed by atoms with Crippen molar-refractivity contribution in [1.82, 2.24) is 0 Å². The van der Waals surface area contributed by atoms with E-state index >= 15 is 0 Å². The number of ether oxygens (including phenoxy) is 2. The van der Waals surface area contributed by atoms with Crippen molar-refractivity contribution in [1.29, 1.82) is 0 Å². The minimum Gasteiger partial charge on any atom is -0.376 e. The number of hydrogen-bond donors (Lipinski definition) is 0. The van der Waals surface area contributed by atoms with Gasteiger partial charge in [-0.15, -0.1) is 0 Å². The summed E-state index contributed by atoms with van der Waals surface area (Å²) in [6.45, 7) is 2.97. The molecule has 1 aliphatic heterocycles. The van der Waals surface area contributed by atoms with Gasteiger partial charge in [-0.2, -0.15) is 0 Å². The van der Waals surface area contributed by atoms with Gasteiger partial charge >= 0.3 is 0 Å². The van der Waals surface area contributed by atoms with Crippen molar-refractivity contribution in [3.63, 3.8) is 0 Å². The van der Waals surface area contributed by atoms with Gasteiger partial charge < -0.3 is 9.47 Å². The lowest BCUT2D eigenvalue weighted by Crippen LogP contribution is -2.40. The number of halogens is 1. The normalized spacial score (nSPS) is 17.9. The lowest BCUT2D eigenvalue weighted by atomic mass is 10.1. The van der Waals surface area contributed by atoms with E-state index in [0.717, 1.165) is 4.47 Å². The van der Waals surface area contributed by atoms with Crippen LogP contribution in [0.1, 0.15) is 17.3 Å². The van der Waals surface area contributed by atoms with E-state index < -0.39 is 6.10 Å². The number of rotatable bonds is 4. The smallest absolute Gasteiger partial charge is 0.191 e. The van der Waals surface area contributed by atoms with E-state index in [1.54, 1.807) is 19.1 Å². The lowest BCUT2D eigenvalue weighted by Gasteiger charge is -2.28. The van der Waals surface area contributed by atoms with E-state index in [1.165, 1.54) is 0 Å². The number of Topliss-reactive ketones (excluding diaryl/α,β-unsaturated/α-hetero) is 1. The molecule has 1 aliphatic rings. The average Bonchev–Trinajstić information content (AvgIpc) is 2.23. The van der Waals surface area contributed by atoms with Gasteiger partial charge in [-0.3, -0.25) is 4.79 Å². The second-order valence-corrected chi connectivity index (χ2v) is 4.72. The van der Waals surface area contributed by atoms with Gasteiger partial charge in [0.25, 0.3) is 0 Å². The zero-order chi connectivity index (χ0) is 11.5. The van der Waals surface area contributed by atoms with Crippen LogP contribution in [0.4, 0.5) is 0 Å². The molecule has 1 unspecified atom stereocenters. The summed E-state index contributed by atoms with van der Waals surface area (Å²) in [4.78, 5) is 12.0. The zero-order valence-electron chi connectivity index (χ0n) is 8.98. The van der Waals surface area contributed by atoms with Crippen molar-refractivity contribution in [2.75, 3.05) is 13.2 Å². The first-order valence-electron chi connectivity index (χ1n) is 5.20. The van der Waals surface area contributed by atoms with Crippen molar-refractivity contribution in [2.45, 2.75) is 19.1 Å². The standard InChI is InChI=1S/C12H13BrO3/c1-8(16-11-6-15-7-11)12(14)9-2-4-10(13)5-3-9/h2-5,8,11H,6-7H2,1H3. The maximum absolute atomic E-state index is 12.0. The molecule has 0 saturated carbocycles. The quantitative estimate of drug-likeness (QED) is 0.797. The number of ketones is 1. The predicted octanol–water partition coefficient (Wildman–Crippen LogP) is 2.44. The maximum atomic E-state index is 12.0. The van der Waals surface area contributed by atoms with Gasteiger partial charge in [0.2, 0.25) is 0 Å². The van der Waals surface area contributed by atoms with E-state index in [2.05, 4.69) is 15.9 Å². The van der Waals surface area contributed by atoms with Gasteiger partial charge in [0, 0.05) is 10.0 Å². The zero-order valence-corrected chi connectivity index (χ0v) is 10.6. The summed E-state index contributed by atoms with van der Waals surface area (Å²) in [5.74, 6) is 0.0133. The van der Waals surface area contributed by atoms with Crippen molar-refractivity contribution in [2.24, 2.45) is 0 Å². The maximum Gasteiger partial charge on any atom is 0.191 e. The van der Waals surface area contributed by atoms with E-state index in [1.807, 2.05) is 12.1 Å². The predicted molar refractivity (Wildman–Crippen MR) is 63.6 cm³/mol. The molecule has 0 N–H and O–H groups in total. The van der Waals surface area contributed by atoms with Crippen LogP contribution in [0, 0.1) is 0 Å². The minimum absolute atomic E-state index is 0.0133. The highest BCUT2D eigenvalue weighted by Crippen LogP contribution is 2.15. The number of carbonyl (C=O) groups is 1. The van der Waals surface area contributed by atoms with E-state index in [4.69, 9.17) is 9.47 Å². The second kappa shape index (κ2) is 5.08. The first-order valence-corrected chi connectivity index (χ1v) is 5.99. The largest absolute Gasteiger partial charge is 0.376 e. The van der Waals surface area contributed by atoms with Gasteiger partial charge in [-0.25, -0.2) is 0 Å². The molecule has 16 heavy (non-hydrogen) atoms. The monoisotopic (exact) mass is 284 g/mol. The third-order valence-electron chi connectivity index (χ3n) is 2.50. The van der Waals surface area contributed by atoms with Crippen LogP contribution in [0.25, 0.3) is 0 Å². The molecule has 3 nitrogen and oxygen atoms in total. The summed E-state index contributed by atoms with van der Waals surface area (Å²) in [7, 11) is 0. The van der Waals surface area contributed by atoms with Crippen molar-refractivity contribution in [3.05, 3.63) is 34.3 Å². The molecule has 0 aliphatic carbocycles. The Labute approximate surface area is 103 Å². The summed E-state index contributed by atoms with van der Waals surface area (Å²) >= 11 is 3.33. The van der Waals surface area contributed by atoms with E-state index in [9.17, 15) is 4.79 Å². The Hall–Kier alpha value is -0.710. The van der Waals surface area contributed by atoms with Crippen LogP contribution in [0.2, 0.25) is 0 Å². The molecule has 0 bridgehead atoms. The van der Waals surface area contributed by atoms with Crippen LogP contribution < -0.4 is 0 Å². The number of benzene rings is 1. The molecule has 1 fully saturated rings. The molecular weight excluding hydrogens is 272 g/mol. The summed E-state index contributed by atoms with van der Waals surface area (Å²) in [6.07, 6.45) is -0.329. The Morgan fingerprint density at radius 3 is 2.56 bits per heavy atom. The Kier molecular flexibility index (Phi) is 3.74. The van der Waals surface area contributed by atoms with Gasteiger partial charge in [0.1, 0.15) is 12.2 Å². The van der Waals surface area contributed by atoms with Gasteiger partial charge in [-0.1, -0.05) is 28.1 Å². The SMILES string of the molecule is CC(OC1COC1)C(=O)c1ccc(Br)cc1. The molecule has 1 saturated heterocycles. The van der Waals surface area contributed by atoms with Crippen LogP contribution in [-0.2, 0) is 9.47 Å². The van der Waals surface area contributed by atoms with Crippen LogP contribution in [0.3, 0.4) is 0 Å². The fourth-order valence-electron chi connectivity index (χ4n) is 1.49. The Bertz CT molecular complexity index is 370. The van der Waals surface area contributed by atoms with Crippen LogP contribution in [0.15, 0.2) is 28.7 Å². The number of hydrogen-bond acceptors (Lipinski definition) is 3. The fraction of sp³-hybridized carbons (Fsp3) is 0.417. The highest BCUT2D eigenvalue weighted by Gasteiger charge is 2.25. The fourth-order valence-corrected chi connectivity index (χ4v) is 1.76. The summed E-state index contributed by atoms with van der Waals surface area (Å²) < 4.78 is 11.5. The third kappa shape index (κ3) is 2.70. The topological polar surface area (TPSA) is 35.5 Å². The summed E-state index contributed by atoms with van der Waals surface area (Å²) in [6, 6.07) is 7.30. The van der Waals surface area contributed by atoms with Crippen molar-refractivity contribution in [3.8, 4) is 0 Å². The first kappa shape index (κ1) is 11.8. The van der Waals surface area contributed by atoms with Crippen molar-refractivity contribution >= 4 is 21.7 Å². The molecule has 1 aromatic rings. The average molecular weight is 285 g/mol. The molecule has 2 rings (SSSR count). The Balaban J connectivity index is 1.97. The first-order chi connectivity index (χ1) is 7.66. The highest BCUT2D eigenvalue weighted by atomic mass is 79.9. The van der Waals surface area contributed by atoms with E-state index in [-0.39, 0.29) is 11.9 Å². The molecule has 1 aromatic carbocycles. The molecule has 86 valence electrons. The van der Waals surface area contributed by atoms with Crippen LogP contribution in [-0.4, -0.2) is 31.2 Å². The van der Waals surface area contributed by atoms with Gasteiger partial charge in [-0.05, 0) is 19.1 Å². The Morgan fingerprint density at radius 2 is 2.06 bits per heavy atom. The van der Waals surface area contributed by atoms with Crippen molar-refractivity contribution < 1.29 is 14.3 Å². The molecule has 0 amide bonds. The molecule has 0 aromatic heterocycles. The molecule has 0 spiro atoms. The molecule has 1 atom stereocenters. The number of carbonyl (C=O) groups excluding carboxylic acids is 1. The van der Waals surface area contributed by atoms with Gasteiger partial charge in [0.05, 0.1) is 13.2 Å². The minimum atomic E-state index is -0.407. The summed E-state index contributed by atoms with van der Waals surface area (Å²) in [5, 5.41) is 0. The lowest BCUT2D eigenvalue weighted by molar-refractivity contribution is -0.141. The molecule has 0 radical (unpaired) electrons.